The van der Waals surface area contributed by atoms with Gasteiger partial charge in [0.15, 0.2) is 6.61 Å². The molecule has 1 N–H and O–H groups in total. The molecule has 0 bridgehead atoms. The standard InChI is InChI=1S/C21H31N3O3/c1-13(2)11-24-15(5)8-18(17(24)7)9-19(10-22)21(26)27-12-20(25)23-16(6)14(3)4/h8-9,13-14,16H,11-12H2,1-7H3,(H,23,25)/b19-9+/t16-/m0/s1. The molecule has 27 heavy (non-hydrogen) atoms. The van der Waals surface area contributed by atoms with Gasteiger partial charge in [0.05, 0.1) is 0 Å². The van der Waals surface area contributed by atoms with Crippen molar-refractivity contribution >= 4 is 18.0 Å². The maximum absolute atomic E-state index is 12.2. The van der Waals surface area contributed by atoms with Gasteiger partial charge in [-0.25, -0.2) is 4.79 Å². The average Bonchev–Trinajstić information content (AvgIpc) is 2.84. The van der Waals surface area contributed by atoms with Crippen LogP contribution in [0, 0.1) is 37.0 Å². The van der Waals surface area contributed by atoms with Crippen molar-refractivity contribution in [2.24, 2.45) is 11.8 Å². The molecule has 0 radical (unpaired) electrons. The van der Waals surface area contributed by atoms with Crippen molar-refractivity contribution in [1.29, 1.82) is 5.26 Å². The van der Waals surface area contributed by atoms with Gasteiger partial charge >= 0.3 is 5.97 Å². The van der Waals surface area contributed by atoms with Gasteiger partial charge in [0.25, 0.3) is 5.91 Å². The van der Waals surface area contributed by atoms with Crippen molar-refractivity contribution in [2.45, 2.75) is 61.1 Å². The van der Waals surface area contributed by atoms with Crippen LogP contribution in [0.3, 0.4) is 0 Å². The lowest BCUT2D eigenvalue weighted by Gasteiger charge is -2.17. The first-order chi connectivity index (χ1) is 12.6. The lowest BCUT2D eigenvalue weighted by molar-refractivity contribution is -0.144. The largest absolute Gasteiger partial charge is 0.451 e. The molecule has 6 heteroatoms. The summed E-state index contributed by atoms with van der Waals surface area (Å²) >= 11 is 0. The minimum atomic E-state index is -0.793. The quantitative estimate of drug-likeness (QED) is 0.430. The van der Waals surface area contributed by atoms with Crippen LogP contribution in [-0.2, 0) is 20.9 Å². The van der Waals surface area contributed by atoms with Crippen LogP contribution in [0.2, 0.25) is 0 Å². The maximum Gasteiger partial charge on any atom is 0.349 e. The third-order valence-corrected chi connectivity index (χ3v) is 4.52. The predicted octanol–water partition coefficient (Wildman–Crippen LogP) is 3.37. The molecule has 1 atom stereocenters. The molecular formula is C21H31N3O3. The van der Waals surface area contributed by atoms with E-state index in [0.717, 1.165) is 23.5 Å². The molecule has 0 aliphatic heterocycles. The molecule has 1 rings (SSSR count). The van der Waals surface area contributed by atoms with Crippen LogP contribution < -0.4 is 5.32 Å². The topological polar surface area (TPSA) is 84.1 Å². The Kier molecular flexibility index (Phi) is 8.30. The normalized spacial score (nSPS) is 12.8. The summed E-state index contributed by atoms with van der Waals surface area (Å²) in [5.41, 5.74) is 2.74. The highest BCUT2D eigenvalue weighted by Crippen LogP contribution is 2.20. The van der Waals surface area contributed by atoms with Crippen molar-refractivity contribution in [3.8, 4) is 6.07 Å². The number of hydrogen-bond acceptors (Lipinski definition) is 4. The minimum Gasteiger partial charge on any atom is -0.451 e. The van der Waals surface area contributed by atoms with Crippen molar-refractivity contribution in [3.63, 3.8) is 0 Å². The Labute approximate surface area is 162 Å². The SMILES string of the molecule is Cc1cc(/C=C(\C#N)C(=O)OCC(=O)N[C@@H](C)C(C)C)c(C)n1CC(C)C. The molecule has 0 unspecified atom stereocenters. The van der Waals surface area contributed by atoms with E-state index >= 15 is 0 Å². The van der Waals surface area contributed by atoms with E-state index < -0.39 is 12.6 Å². The summed E-state index contributed by atoms with van der Waals surface area (Å²) in [6, 6.07) is 3.80. The van der Waals surface area contributed by atoms with Gasteiger partial charge in [0, 0.05) is 24.0 Å². The zero-order valence-corrected chi connectivity index (χ0v) is 17.4. The second-order valence-corrected chi connectivity index (χ2v) is 7.68. The number of nitrogens with one attached hydrogen (secondary N) is 1. The second kappa shape index (κ2) is 9.96. The first-order valence-corrected chi connectivity index (χ1v) is 9.31. The maximum atomic E-state index is 12.2. The van der Waals surface area contributed by atoms with Crippen LogP contribution in [0.25, 0.3) is 6.08 Å². The van der Waals surface area contributed by atoms with Crippen LogP contribution in [-0.4, -0.2) is 29.1 Å². The van der Waals surface area contributed by atoms with Gasteiger partial charge in [-0.05, 0) is 50.3 Å². The van der Waals surface area contributed by atoms with E-state index in [9.17, 15) is 14.9 Å². The number of ether oxygens (including phenoxy) is 1. The van der Waals surface area contributed by atoms with Crippen LogP contribution >= 0.6 is 0 Å². The van der Waals surface area contributed by atoms with E-state index in [2.05, 4.69) is 23.7 Å². The number of nitriles is 1. The number of rotatable bonds is 8. The molecule has 0 saturated heterocycles. The van der Waals surface area contributed by atoms with Gasteiger partial charge in [-0.2, -0.15) is 5.26 Å². The van der Waals surface area contributed by atoms with E-state index in [1.165, 1.54) is 6.08 Å². The minimum absolute atomic E-state index is 0.0199. The van der Waals surface area contributed by atoms with Gasteiger partial charge in [0.2, 0.25) is 0 Å². The number of carbonyl (C=O) groups excluding carboxylic acids is 2. The number of aromatic nitrogens is 1. The van der Waals surface area contributed by atoms with E-state index in [0.29, 0.717) is 5.92 Å². The van der Waals surface area contributed by atoms with Gasteiger partial charge < -0.3 is 14.6 Å². The summed E-state index contributed by atoms with van der Waals surface area (Å²) in [5, 5.41) is 12.1. The van der Waals surface area contributed by atoms with Crippen LogP contribution in [0.4, 0.5) is 0 Å². The molecule has 0 saturated carbocycles. The van der Waals surface area contributed by atoms with E-state index in [4.69, 9.17) is 4.74 Å². The fraction of sp³-hybridized carbons (Fsp3) is 0.571. The number of aryl methyl sites for hydroxylation is 1. The summed E-state index contributed by atoms with van der Waals surface area (Å²) in [6.07, 6.45) is 1.52. The van der Waals surface area contributed by atoms with Crippen molar-refractivity contribution in [3.05, 3.63) is 28.6 Å². The molecular weight excluding hydrogens is 342 g/mol. The molecule has 6 nitrogen and oxygen atoms in total. The Balaban J connectivity index is 2.85. The summed E-state index contributed by atoms with van der Waals surface area (Å²) < 4.78 is 7.17. The Bertz CT molecular complexity index is 751. The molecule has 0 fully saturated rings. The molecule has 1 aromatic heterocycles. The lowest BCUT2D eigenvalue weighted by Crippen LogP contribution is -2.38. The summed E-state index contributed by atoms with van der Waals surface area (Å²) in [5.74, 6) is -0.408. The van der Waals surface area contributed by atoms with Crippen LogP contribution in [0.15, 0.2) is 11.6 Å². The molecule has 148 valence electrons. The molecule has 0 spiro atoms. The average molecular weight is 373 g/mol. The van der Waals surface area contributed by atoms with Gasteiger partial charge in [-0.1, -0.05) is 27.7 Å². The fourth-order valence-corrected chi connectivity index (χ4v) is 2.58. The number of hydrogen-bond donors (Lipinski definition) is 1. The Hall–Kier alpha value is -2.55. The summed E-state index contributed by atoms with van der Waals surface area (Å²) in [6.45, 7) is 14.6. The zero-order chi connectivity index (χ0) is 20.7. The van der Waals surface area contributed by atoms with Crippen LogP contribution in [0.1, 0.15) is 51.6 Å². The number of carbonyl (C=O) groups is 2. The highest BCUT2D eigenvalue weighted by molar-refractivity contribution is 5.99. The summed E-state index contributed by atoms with van der Waals surface area (Å²) in [7, 11) is 0. The van der Waals surface area contributed by atoms with Gasteiger partial charge in [0.1, 0.15) is 11.6 Å². The van der Waals surface area contributed by atoms with Crippen molar-refractivity contribution in [1.82, 2.24) is 9.88 Å². The summed E-state index contributed by atoms with van der Waals surface area (Å²) in [4.78, 5) is 24.0. The first kappa shape index (κ1) is 22.5. The number of nitrogens with zero attached hydrogens (tertiary/aromatic N) is 2. The van der Waals surface area contributed by atoms with Crippen LogP contribution in [0.5, 0.6) is 0 Å². The van der Waals surface area contributed by atoms with Gasteiger partial charge in [-0.15, -0.1) is 0 Å². The number of amides is 1. The second-order valence-electron chi connectivity index (χ2n) is 7.68. The van der Waals surface area contributed by atoms with E-state index in [1.807, 2.05) is 46.8 Å². The number of esters is 1. The monoisotopic (exact) mass is 373 g/mol. The predicted molar refractivity (Wildman–Crippen MR) is 106 cm³/mol. The third-order valence-electron chi connectivity index (χ3n) is 4.52. The fourth-order valence-electron chi connectivity index (χ4n) is 2.58. The smallest absolute Gasteiger partial charge is 0.349 e. The van der Waals surface area contributed by atoms with Crippen molar-refractivity contribution in [2.75, 3.05) is 6.61 Å². The van der Waals surface area contributed by atoms with E-state index in [-0.39, 0.29) is 23.4 Å². The van der Waals surface area contributed by atoms with Crippen molar-refractivity contribution < 1.29 is 14.3 Å². The highest BCUT2D eigenvalue weighted by Gasteiger charge is 2.17. The molecule has 0 aliphatic carbocycles. The molecule has 0 aliphatic rings. The Morgan fingerprint density at radius 3 is 2.41 bits per heavy atom. The molecule has 1 aromatic rings. The first-order valence-electron chi connectivity index (χ1n) is 9.31. The van der Waals surface area contributed by atoms with E-state index in [1.54, 1.807) is 0 Å². The lowest BCUT2D eigenvalue weighted by atomic mass is 10.1. The Morgan fingerprint density at radius 2 is 1.89 bits per heavy atom. The zero-order valence-electron chi connectivity index (χ0n) is 17.4. The molecule has 1 heterocycles. The van der Waals surface area contributed by atoms with Gasteiger partial charge in [-0.3, -0.25) is 4.79 Å². The molecule has 1 amide bonds. The Morgan fingerprint density at radius 1 is 1.26 bits per heavy atom. The highest BCUT2D eigenvalue weighted by atomic mass is 16.5. The third kappa shape index (κ3) is 6.59. The molecule has 0 aromatic carbocycles.